The summed E-state index contributed by atoms with van der Waals surface area (Å²) < 4.78 is 15.5. The van der Waals surface area contributed by atoms with Gasteiger partial charge < -0.3 is 10.6 Å². The fraction of sp³-hybridized carbons (Fsp3) is 0.231. The standard InChI is InChI=1S/C26H25FN4O4S/c27-18-10-12-19(13-11-18)29-24(33)17-31-22-8-2-1-7-21(22)25(34)30(26(31)35)14-4-3-9-23(32)28-16-20-6-5-15-36-20/h1-2,5-8,10-13,15H,3-4,9,14,16-17H2,(H,28,32)(H,29,33). The molecule has 0 unspecified atom stereocenters. The number of nitrogens with one attached hydrogen (secondary N) is 2. The predicted octanol–water partition coefficient (Wildman–Crippen LogP) is 3.49. The highest BCUT2D eigenvalue weighted by Gasteiger charge is 2.15. The molecular weight excluding hydrogens is 483 g/mol. The third kappa shape index (κ3) is 6.14. The van der Waals surface area contributed by atoms with Crippen LogP contribution in [0.2, 0.25) is 0 Å². The highest BCUT2D eigenvalue weighted by atomic mass is 32.1. The van der Waals surface area contributed by atoms with Gasteiger partial charge in [-0.15, -0.1) is 11.3 Å². The number of thiophene rings is 1. The number of amides is 2. The van der Waals surface area contributed by atoms with E-state index in [4.69, 9.17) is 0 Å². The minimum absolute atomic E-state index is 0.0934. The van der Waals surface area contributed by atoms with Crippen molar-refractivity contribution in [1.82, 2.24) is 14.5 Å². The van der Waals surface area contributed by atoms with Gasteiger partial charge in [0.1, 0.15) is 12.4 Å². The molecule has 8 nitrogen and oxygen atoms in total. The average molecular weight is 509 g/mol. The van der Waals surface area contributed by atoms with Crippen LogP contribution in [0.15, 0.2) is 75.6 Å². The Balaban J connectivity index is 1.45. The third-order valence-corrected chi connectivity index (χ3v) is 6.51. The van der Waals surface area contributed by atoms with Crippen LogP contribution >= 0.6 is 11.3 Å². The van der Waals surface area contributed by atoms with Crippen molar-refractivity contribution in [2.45, 2.75) is 38.9 Å². The van der Waals surface area contributed by atoms with Gasteiger partial charge in [-0.25, -0.2) is 9.18 Å². The molecule has 0 radical (unpaired) electrons. The van der Waals surface area contributed by atoms with Crippen LogP contribution in [0.4, 0.5) is 10.1 Å². The lowest BCUT2D eigenvalue weighted by Gasteiger charge is -2.14. The number of unbranched alkanes of at least 4 members (excludes halogenated alkanes) is 1. The monoisotopic (exact) mass is 508 g/mol. The fourth-order valence-electron chi connectivity index (χ4n) is 3.84. The zero-order chi connectivity index (χ0) is 25.5. The molecule has 0 aliphatic rings. The topological polar surface area (TPSA) is 102 Å². The van der Waals surface area contributed by atoms with Gasteiger partial charge in [0.05, 0.1) is 17.4 Å². The maximum atomic E-state index is 13.2. The zero-order valence-corrected chi connectivity index (χ0v) is 20.2. The van der Waals surface area contributed by atoms with Crippen molar-refractivity contribution < 1.29 is 14.0 Å². The minimum atomic E-state index is -0.602. The number of carbonyl (C=O) groups is 2. The molecule has 0 aliphatic carbocycles. The lowest BCUT2D eigenvalue weighted by molar-refractivity contribution is -0.121. The van der Waals surface area contributed by atoms with Gasteiger partial charge in [-0.3, -0.25) is 23.5 Å². The van der Waals surface area contributed by atoms with Crippen molar-refractivity contribution in [1.29, 1.82) is 0 Å². The number of aromatic nitrogens is 2. The normalized spacial score (nSPS) is 10.9. The molecule has 0 saturated carbocycles. The lowest BCUT2D eigenvalue weighted by Crippen LogP contribution is -2.41. The number of halogens is 1. The number of para-hydroxylation sites is 1. The van der Waals surface area contributed by atoms with E-state index in [0.29, 0.717) is 36.0 Å². The summed E-state index contributed by atoms with van der Waals surface area (Å²) in [7, 11) is 0. The smallest absolute Gasteiger partial charge is 0.331 e. The van der Waals surface area contributed by atoms with Gasteiger partial charge >= 0.3 is 5.69 Å². The van der Waals surface area contributed by atoms with Gasteiger partial charge in [0, 0.05) is 23.5 Å². The van der Waals surface area contributed by atoms with Crippen LogP contribution in [0.5, 0.6) is 0 Å². The van der Waals surface area contributed by atoms with E-state index in [-0.39, 0.29) is 25.4 Å². The second kappa shape index (κ2) is 11.6. The first-order chi connectivity index (χ1) is 17.4. The Morgan fingerprint density at radius 1 is 0.889 bits per heavy atom. The van der Waals surface area contributed by atoms with Gasteiger partial charge in [0.25, 0.3) is 5.56 Å². The molecule has 2 aromatic heterocycles. The highest BCUT2D eigenvalue weighted by molar-refractivity contribution is 7.09. The molecule has 186 valence electrons. The molecule has 0 fully saturated rings. The Morgan fingerprint density at radius 3 is 2.42 bits per heavy atom. The minimum Gasteiger partial charge on any atom is -0.351 e. The number of hydrogen-bond acceptors (Lipinski definition) is 5. The van der Waals surface area contributed by atoms with E-state index in [1.54, 1.807) is 35.6 Å². The van der Waals surface area contributed by atoms with Crippen molar-refractivity contribution in [3.05, 3.63) is 97.6 Å². The van der Waals surface area contributed by atoms with Gasteiger partial charge in [0.2, 0.25) is 11.8 Å². The molecule has 4 rings (SSSR count). The molecule has 0 aliphatic heterocycles. The quantitative estimate of drug-likeness (QED) is 0.320. The van der Waals surface area contributed by atoms with Gasteiger partial charge in [0.15, 0.2) is 0 Å². The van der Waals surface area contributed by atoms with E-state index in [2.05, 4.69) is 10.6 Å². The van der Waals surface area contributed by atoms with Crippen LogP contribution in [0.25, 0.3) is 10.9 Å². The molecule has 2 heterocycles. The summed E-state index contributed by atoms with van der Waals surface area (Å²) in [6.07, 6.45) is 1.23. The summed E-state index contributed by atoms with van der Waals surface area (Å²) in [5, 5.41) is 7.76. The molecule has 36 heavy (non-hydrogen) atoms. The SMILES string of the molecule is O=C(CCCCn1c(=O)c2ccccc2n(CC(=O)Nc2ccc(F)cc2)c1=O)NCc1cccs1. The van der Waals surface area contributed by atoms with Crippen molar-refractivity contribution >= 4 is 39.7 Å². The number of nitrogens with zero attached hydrogens (tertiary/aromatic N) is 2. The molecule has 0 atom stereocenters. The maximum absolute atomic E-state index is 13.2. The van der Waals surface area contributed by atoms with E-state index in [1.165, 1.54) is 28.8 Å². The number of fused-ring (bicyclic) bond motifs is 1. The number of carbonyl (C=O) groups excluding carboxylic acids is 2. The summed E-state index contributed by atoms with van der Waals surface area (Å²) in [4.78, 5) is 52.0. The third-order valence-electron chi connectivity index (χ3n) is 5.64. The van der Waals surface area contributed by atoms with Crippen LogP contribution in [-0.4, -0.2) is 20.9 Å². The molecule has 4 aromatic rings. The van der Waals surface area contributed by atoms with Gasteiger partial charge in [-0.05, 0) is 60.7 Å². The van der Waals surface area contributed by atoms with Gasteiger partial charge in [-0.1, -0.05) is 18.2 Å². The van der Waals surface area contributed by atoms with E-state index in [0.717, 1.165) is 9.44 Å². The summed E-state index contributed by atoms with van der Waals surface area (Å²) in [5.41, 5.74) is -0.293. The summed E-state index contributed by atoms with van der Waals surface area (Å²) >= 11 is 1.57. The largest absolute Gasteiger partial charge is 0.351 e. The van der Waals surface area contributed by atoms with E-state index < -0.39 is 23.0 Å². The second-order valence-corrected chi connectivity index (χ2v) is 9.24. The molecule has 10 heteroatoms. The molecule has 0 spiro atoms. The van der Waals surface area contributed by atoms with Crippen molar-refractivity contribution in [3.63, 3.8) is 0 Å². The van der Waals surface area contributed by atoms with Crippen LogP contribution in [-0.2, 0) is 29.2 Å². The number of benzene rings is 2. The molecule has 0 saturated heterocycles. The number of anilines is 1. The van der Waals surface area contributed by atoms with Gasteiger partial charge in [-0.2, -0.15) is 0 Å². The van der Waals surface area contributed by atoms with Crippen molar-refractivity contribution in [3.8, 4) is 0 Å². The number of hydrogen-bond donors (Lipinski definition) is 2. The first kappa shape index (κ1) is 25.1. The van der Waals surface area contributed by atoms with Crippen LogP contribution in [0, 0.1) is 5.82 Å². The first-order valence-electron chi connectivity index (χ1n) is 11.5. The molecule has 0 bridgehead atoms. The number of rotatable bonds is 10. The Kier molecular flexibility index (Phi) is 8.06. The first-order valence-corrected chi connectivity index (χ1v) is 12.4. The zero-order valence-electron chi connectivity index (χ0n) is 19.4. The Labute approximate surface area is 210 Å². The highest BCUT2D eigenvalue weighted by Crippen LogP contribution is 2.11. The Morgan fingerprint density at radius 2 is 1.67 bits per heavy atom. The lowest BCUT2D eigenvalue weighted by atomic mass is 10.2. The molecular formula is C26H25FN4O4S. The van der Waals surface area contributed by atoms with Crippen LogP contribution in [0.1, 0.15) is 24.1 Å². The van der Waals surface area contributed by atoms with Crippen LogP contribution in [0.3, 0.4) is 0 Å². The van der Waals surface area contributed by atoms with Crippen molar-refractivity contribution in [2.75, 3.05) is 5.32 Å². The Hall–Kier alpha value is -4.05. The summed E-state index contributed by atoms with van der Waals surface area (Å²) in [6, 6.07) is 15.8. The molecule has 2 N–H and O–H groups in total. The van der Waals surface area contributed by atoms with Crippen molar-refractivity contribution in [2.24, 2.45) is 0 Å². The van der Waals surface area contributed by atoms with E-state index in [1.807, 2.05) is 17.5 Å². The summed E-state index contributed by atoms with van der Waals surface area (Å²) in [5.74, 6) is -1.01. The second-order valence-electron chi connectivity index (χ2n) is 8.21. The summed E-state index contributed by atoms with van der Waals surface area (Å²) in [6.45, 7) is 0.285. The molecule has 2 amide bonds. The average Bonchev–Trinajstić information content (AvgIpc) is 3.40. The predicted molar refractivity (Wildman–Crippen MR) is 138 cm³/mol. The fourth-order valence-corrected chi connectivity index (χ4v) is 4.49. The maximum Gasteiger partial charge on any atom is 0.331 e. The van der Waals surface area contributed by atoms with Crippen LogP contribution < -0.4 is 21.9 Å². The van der Waals surface area contributed by atoms with E-state index in [9.17, 15) is 23.6 Å². The Bertz CT molecular complexity index is 1480. The molecule has 2 aromatic carbocycles. The van der Waals surface area contributed by atoms with E-state index >= 15 is 0 Å².